The molecule has 0 aliphatic carbocycles. The van der Waals surface area contributed by atoms with Gasteiger partial charge in [-0.25, -0.2) is 0 Å². The zero-order valence-electron chi connectivity index (χ0n) is 18.9. The molecule has 1 fully saturated rings. The zero-order chi connectivity index (χ0) is 23.5. The van der Waals surface area contributed by atoms with E-state index in [0.717, 1.165) is 53.6 Å². The molecule has 1 aliphatic rings. The van der Waals surface area contributed by atoms with Gasteiger partial charge in [-0.1, -0.05) is 72.8 Å². The number of hydrogen-bond donors (Lipinski definition) is 1. The third-order valence-corrected chi connectivity index (χ3v) is 7.23. The molecular weight excluding hydrogens is 414 g/mol. The second-order valence-electron chi connectivity index (χ2n) is 9.31. The summed E-state index contributed by atoms with van der Waals surface area (Å²) in [5, 5.41) is 10.9. The zero-order valence-corrected chi connectivity index (χ0v) is 18.9. The normalized spacial score (nSPS) is 20.5. The van der Waals surface area contributed by atoms with E-state index in [9.17, 15) is 14.9 Å². The Balaban J connectivity index is 1.61. The van der Waals surface area contributed by atoms with Gasteiger partial charge in [0.15, 0.2) is 0 Å². The van der Waals surface area contributed by atoms with E-state index in [1.54, 1.807) is 12.1 Å². The fourth-order valence-electron chi connectivity index (χ4n) is 5.45. The van der Waals surface area contributed by atoms with Gasteiger partial charge in [-0.05, 0) is 16.7 Å². The Labute approximate surface area is 194 Å². The summed E-state index contributed by atoms with van der Waals surface area (Å²) in [6.45, 7) is 2.68. The van der Waals surface area contributed by atoms with Crippen LogP contribution in [0.1, 0.15) is 23.1 Å². The third-order valence-electron chi connectivity index (χ3n) is 7.23. The summed E-state index contributed by atoms with van der Waals surface area (Å²) in [6, 6.07) is 26.6. The summed E-state index contributed by atoms with van der Waals surface area (Å²) in [4.78, 5) is 23.8. The first-order chi connectivity index (χ1) is 15.8. The van der Waals surface area contributed by atoms with Crippen LogP contribution >= 0.6 is 0 Å². The maximum atomic E-state index is 13.2. The van der Waals surface area contributed by atoms with Gasteiger partial charge in [0.25, 0.3) is 5.69 Å². The Hall–Kier alpha value is -3.51. The van der Waals surface area contributed by atoms with Gasteiger partial charge in [-0.3, -0.25) is 14.9 Å². The van der Waals surface area contributed by atoms with Crippen LogP contribution in [-0.4, -0.2) is 42.0 Å². The van der Waals surface area contributed by atoms with Crippen LogP contribution in [0.25, 0.3) is 0 Å². The van der Waals surface area contributed by atoms with Crippen molar-refractivity contribution < 1.29 is 14.2 Å². The smallest absolute Gasteiger partial charge is 0.269 e. The van der Waals surface area contributed by atoms with Gasteiger partial charge >= 0.3 is 0 Å². The highest BCUT2D eigenvalue weighted by Gasteiger charge is 2.53. The highest BCUT2D eigenvalue weighted by atomic mass is 16.6. The molecule has 0 radical (unpaired) electrons. The molecular formula is C27H30N3O3+. The Morgan fingerprint density at radius 2 is 1.55 bits per heavy atom. The number of nitrogens with zero attached hydrogens (tertiary/aromatic N) is 2. The first kappa shape index (κ1) is 22.7. The largest absolute Gasteiger partial charge is 0.369 e. The lowest BCUT2D eigenvalue weighted by Crippen LogP contribution is -2.51. The summed E-state index contributed by atoms with van der Waals surface area (Å²) < 4.78 is 0.830. The molecule has 1 aliphatic heterocycles. The van der Waals surface area contributed by atoms with Gasteiger partial charge in [-0.15, -0.1) is 0 Å². The molecule has 1 amide bonds. The van der Waals surface area contributed by atoms with Crippen LogP contribution < -0.4 is 5.73 Å². The highest BCUT2D eigenvalue weighted by molar-refractivity contribution is 5.91. The van der Waals surface area contributed by atoms with Crippen molar-refractivity contribution in [1.82, 2.24) is 0 Å². The molecule has 1 saturated heterocycles. The van der Waals surface area contributed by atoms with Gasteiger partial charge in [0, 0.05) is 30.9 Å². The fourth-order valence-corrected chi connectivity index (χ4v) is 5.45. The average Bonchev–Trinajstić information content (AvgIpc) is 3.22. The van der Waals surface area contributed by atoms with Crippen molar-refractivity contribution in [1.29, 1.82) is 0 Å². The van der Waals surface area contributed by atoms with Crippen LogP contribution in [0.3, 0.4) is 0 Å². The molecule has 170 valence electrons. The van der Waals surface area contributed by atoms with Crippen molar-refractivity contribution in [3.63, 3.8) is 0 Å². The Morgan fingerprint density at radius 1 is 1.00 bits per heavy atom. The summed E-state index contributed by atoms with van der Waals surface area (Å²) in [7, 11) is 2.23. The molecule has 6 nitrogen and oxygen atoms in total. The second-order valence-corrected chi connectivity index (χ2v) is 9.31. The number of carbonyl (C=O) groups excluding carboxylic acids is 1. The lowest BCUT2D eigenvalue weighted by molar-refractivity contribution is -0.899. The first-order valence-electron chi connectivity index (χ1n) is 11.3. The molecule has 6 heteroatoms. The van der Waals surface area contributed by atoms with Crippen LogP contribution in [0.2, 0.25) is 0 Å². The average molecular weight is 445 g/mol. The highest BCUT2D eigenvalue weighted by Crippen LogP contribution is 2.45. The standard InChI is InChI=1S/C27H29N3O3/c1-30(18-16-21-12-14-25(15-13-21)29(32)33)19-17-24(20-30)27(26(28)31,22-8-4-2-5-9-22)23-10-6-3-7-11-23/h2-15,24H,16-20H2,1H3,(H-,28,31)/p+1. The number of benzene rings is 3. The van der Waals surface area contributed by atoms with Crippen molar-refractivity contribution in [2.24, 2.45) is 11.7 Å². The minimum atomic E-state index is -0.883. The van der Waals surface area contributed by atoms with Gasteiger partial charge in [0.1, 0.15) is 5.41 Å². The minimum absolute atomic E-state index is 0.0710. The lowest BCUT2D eigenvalue weighted by atomic mass is 9.64. The van der Waals surface area contributed by atoms with E-state index in [0.29, 0.717) is 0 Å². The van der Waals surface area contributed by atoms with Gasteiger partial charge < -0.3 is 10.2 Å². The van der Waals surface area contributed by atoms with Crippen molar-refractivity contribution in [2.75, 3.05) is 26.7 Å². The number of primary amides is 1. The van der Waals surface area contributed by atoms with Crippen LogP contribution in [0.4, 0.5) is 5.69 Å². The van der Waals surface area contributed by atoms with Crippen molar-refractivity contribution in [3.8, 4) is 0 Å². The molecule has 2 atom stereocenters. The van der Waals surface area contributed by atoms with Crippen molar-refractivity contribution in [2.45, 2.75) is 18.3 Å². The minimum Gasteiger partial charge on any atom is -0.369 e. The molecule has 3 aromatic rings. The van der Waals surface area contributed by atoms with Gasteiger partial charge in [0.2, 0.25) is 5.91 Å². The molecule has 2 N–H and O–H groups in total. The van der Waals surface area contributed by atoms with E-state index < -0.39 is 5.41 Å². The molecule has 4 rings (SSSR count). The monoisotopic (exact) mass is 444 g/mol. The van der Waals surface area contributed by atoms with Crippen LogP contribution in [0, 0.1) is 16.0 Å². The Bertz CT molecular complexity index is 1080. The molecule has 0 spiro atoms. The second kappa shape index (κ2) is 9.16. The van der Waals surface area contributed by atoms with Crippen LogP contribution in [0.15, 0.2) is 84.9 Å². The molecule has 0 bridgehead atoms. The number of nitro benzene ring substituents is 1. The third kappa shape index (κ3) is 4.39. The fraction of sp³-hybridized carbons (Fsp3) is 0.296. The van der Waals surface area contributed by atoms with Gasteiger partial charge in [0.05, 0.1) is 31.6 Å². The predicted molar refractivity (Wildman–Crippen MR) is 129 cm³/mol. The van der Waals surface area contributed by atoms with E-state index in [4.69, 9.17) is 5.73 Å². The first-order valence-corrected chi connectivity index (χ1v) is 11.3. The number of rotatable bonds is 8. The molecule has 0 aromatic heterocycles. The SMILES string of the molecule is C[N+]1(CCc2ccc([N+](=O)[O-])cc2)CCC(C(C(N)=O)(c2ccccc2)c2ccccc2)C1. The molecule has 33 heavy (non-hydrogen) atoms. The molecule has 0 saturated carbocycles. The quantitative estimate of drug-likeness (QED) is 0.323. The number of likely N-dealkylation sites (tertiary alicyclic amines) is 1. The van der Waals surface area contributed by atoms with Crippen LogP contribution in [-0.2, 0) is 16.6 Å². The lowest BCUT2D eigenvalue weighted by Gasteiger charge is -2.38. The van der Waals surface area contributed by atoms with Crippen LogP contribution in [0.5, 0.6) is 0 Å². The topological polar surface area (TPSA) is 86.2 Å². The summed E-state index contributed by atoms with van der Waals surface area (Å²) >= 11 is 0. The number of carbonyl (C=O) groups is 1. The number of nitro groups is 1. The summed E-state index contributed by atoms with van der Waals surface area (Å²) in [6.07, 6.45) is 1.71. The molecule has 1 heterocycles. The Kier molecular flexibility index (Phi) is 6.29. The number of non-ortho nitro benzene ring substituents is 1. The number of nitrogens with two attached hydrogens (primary N) is 1. The number of hydrogen-bond acceptors (Lipinski definition) is 3. The number of likely N-dealkylation sites (N-methyl/N-ethyl adjacent to an activating group) is 1. The van der Waals surface area contributed by atoms with Crippen molar-refractivity contribution in [3.05, 3.63) is 112 Å². The number of amides is 1. The van der Waals surface area contributed by atoms with Gasteiger partial charge in [-0.2, -0.15) is 0 Å². The maximum Gasteiger partial charge on any atom is 0.269 e. The molecule has 3 aromatic carbocycles. The van der Waals surface area contributed by atoms with Crippen molar-refractivity contribution >= 4 is 11.6 Å². The van der Waals surface area contributed by atoms with E-state index in [-0.39, 0.29) is 22.4 Å². The Morgan fingerprint density at radius 3 is 2.03 bits per heavy atom. The predicted octanol–water partition coefficient (Wildman–Crippen LogP) is 4.08. The van der Waals surface area contributed by atoms with E-state index in [1.165, 1.54) is 0 Å². The summed E-state index contributed by atoms with van der Waals surface area (Å²) in [5.41, 5.74) is 8.40. The maximum absolute atomic E-state index is 13.2. The number of quaternary nitrogens is 1. The molecule has 2 unspecified atom stereocenters. The van der Waals surface area contributed by atoms with E-state index in [1.807, 2.05) is 72.8 Å². The van der Waals surface area contributed by atoms with E-state index >= 15 is 0 Å². The van der Waals surface area contributed by atoms with E-state index in [2.05, 4.69) is 7.05 Å². The summed E-state index contributed by atoms with van der Waals surface area (Å²) in [5.74, 6) is -0.240.